The second kappa shape index (κ2) is 11.7. The van der Waals surface area contributed by atoms with Crippen molar-refractivity contribution in [3.05, 3.63) is 70.8 Å². The zero-order chi connectivity index (χ0) is 25.5. The minimum atomic E-state index is -4.93. The summed E-state index contributed by atoms with van der Waals surface area (Å²) in [5.41, 5.74) is -3.43. The van der Waals surface area contributed by atoms with E-state index in [1.54, 1.807) is 24.3 Å². The van der Waals surface area contributed by atoms with Crippen molar-refractivity contribution in [3.8, 4) is 0 Å². The molecule has 0 aromatic heterocycles. The van der Waals surface area contributed by atoms with E-state index < -0.39 is 35.8 Å². The van der Waals surface area contributed by atoms with E-state index in [1.807, 2.05) is 11.0 Å². The van der Waals surface area contributed by atoms with Gasteiger partial charge in [-0.25, -0.2) is 0 Å². The average molecular weight is 505 g/mol. The van der Waals surface area contributed by atoms with Crippen molar-refractivity contribution in [1.82, 2.24) is 4.90 Å². The monoisotopic (exact) mass is 505 g/mol. The Hall–Kier alpha value is -2.14. The van der Waals surface area contributed by atoms with Gasteiger partial charge < -0.3 is 14.6 Å². The fraction of sp³-hybridized carbons (Fsp3) is 0.520. The number of aliphatic hydroxyl groups excluding tert-OH is 1. The van der Waals surface area contributed by atoms with Gasteiger partial charge in [0.25, 0.3) is 0 Å². The number of alkyl halides is 6. The molecule has 1 aliphatic rings. The number of aliphatic hydroxyl groups is 1. The van der Waals surface area contributed by atoms with Crippen molar-refractivity contribution in [2.45, 2.75) is 50.4 Å². The summed E-state index contributed by atoms with van der Waals surface area (Å²) in [5, 5.41) is 8.98. The molecule has 0 amide bonds. The lowest BCUT2D eigenvalue weighted by molar-refractivity contribution is -0.234. The van der Waals surface area contributed by atoms with Gasteiger partial charge in [-0.3, -0.25) is 4.90 Å². The quantitative estimate of drug-likeness (QED) is 0.319. The third-order valence-electron chi connectivity index (χ3n) is 6.00. The molecule has 0 unspecified atom stereocenters. The van der Waals surface area contributed by atoms with Gasteiger partial charge in [-0.15, -0.1) is 0 Å². The summed E-state index contributed by atoms with van der Waals surface area (Å²) in [6.45, 7) is 1.25. The summed E-state index contributed by atoms with van der Waals surface area (Å²) in [5.74, 6) is 0. The van der Waals surface area contributed by atoms with E-state index in [4.69, 9.17) is 14.6 Å². The van der Waals surface area contributed by atoms with E-state index in [-0.39, 0.29) is 24.8 Å². The Morgan fingerprint density at radius 3 is 2.11 bits per heavy atom. The number of benzene rings is 2. The summed E-state index contributed by atoms with van der Waals surface area (Å²) in [4.78, 5) is 2.03. The van der Waals surface area contributed by atoms with Gasteiger partial charge in [0, 0.05) is 25.3 Å². The molecule has 35 heavy (non-hydrogen) atoms. The first-order valence-corrected chi connectivity index (χ1v) is 11.5. The summed E-state index contributed by atoms with van der Waals surface area (Å²) in [6, 6.07) is 10.5. The zero-order valence-electron chi connectivity index (χ0n) is 19.2. The first kappa shape index (κ1) is 27.4. The Morgan fingerprint density at radius 2 is 1.51 bits per heavy atom. The van der Waals surface area contributed by atoms with Crippen molar-refractivity contribution < 1.29 is 40.9 Å². The highest BCUT2D eigenvalue weighted by molar-refractivity contribution is 5.33. The number of unbranched alkanes of at least 4 members (excludes halogenated alkanes) is 3. The highest BCUT2D eigenvalue weighted by atomic mass is 19.4. The van der Waals surface area contributed by atoms with E-state index in [1.165, 1.54) is 0 Å². The SMILES string of the molecule is OCCCCCCN1CCOC[C@]1(OCc1cc(C(F)(F)F)cc(C(F)(F)F)c1)c1ccccc1. The van der Waals surface area contributed by atoms with Crippen LogP contribution in [0, 0.1) is 0 Å². The molecule has 0 saturated carbocycles. The minimum Gasteiger partial charge on any atom is -0.396 e. The van der Waals surface area contributed by atoms with Crippen molar-refractivity contribution in [2.75, 3.05) is 32.9 Å². The van der Waals surface area contributed by atoms with E-state index in [0.29, 0.717) is 43.8 Å². The maximum absolute atomic E-state index is 13.3. The van der Waals surface area contributed by atoms with Gasteiger partial charge in [0.1, 0.15) is 0 Å². The summed E-state index contributed by atoms with van der Waals surface area (Å²) < 4.78 is 91.7. The maximum atomic E-state index is 13.3. The predicted octanol–water partition coefficient (Wildman–Crippen LogP) is 5.98. The lowest BCUT2D eigenvalue weighted by atomic mass is 9.98. The molecule has 1 atom stereocenters. The largest absolute Gasteiger partial charge is 0.416 e. The van der Waals surface area contributed by atoms with Crippen LogP contribution in [0.4, 0.5) is 26.3 Å². The topological polar surface area (TPSA) is 41.9 Å². The lowest BCUT2D eigenvalue weighted by Crippen LogP contribution is -2.56. The molecule has 0 aliphatic carbocycles. The van der Waals surface area contributed by atoms with Crippen LogP contribution in [-0.2, 0) is 34.2 Å². The van der Waals surface area contributed by atoms with Gasteiger partial charge in [-0.1, -0.05) is 43.2 Å². The van der Waals surface area contributed by atoms with Crippen molar-refractivity contribution in [1.29, 1.82) is 0 Å². The first-order valence-electron chi connectivity index (χ1n) is 11.5. The maximum Gasteiger partial charge on any atom is 0.416 e. The van der Waals surface area contributed by atoms with Crippen LogP contribution in [0.5, 0.6) is 0 Å². The second-order valence-corrected chi connectivity index (χ2v) is 8.53. The summed E-state index contributed by atoms with van der Waals surface area (Å²) in [7, 11) is 0. The molecule has 2 aromatic carbocycles. The van der Waals surface area contributed by atoms with Crippen LogP contribution >= 0.6 is 0 Å². The van der Waals surface area contributed by atoms with Gasteiger partial charge in [0.05, 0.1) is 30.9 Å². The van der Waals surface area contributed by atoms with Gasteiger partial charge in [0.2, 0.25) is 0 Å². The Bertz CT molecular complexity index is 903. The van der Waals surface area contributed by atoms with Crippen molar-refractivity contribution in [3.63, 3.8) is 0 Å². The fourth-order valence-corrected chi connectivity index (χ4v) is 4.20. The first-order chi connectivity index (χ1) is 16.6. The number of ether oxygens (including phenoxy) is 2. The van der Waals surface area contributed by atoms with Gasteiger partial charge >= 0.3 is 12.4 Å². The highest BCUT2D eigenvalue weighted by Gasteiger charge is 2.43. The third-order valence-corrected chi connectivity index (χ3v) is 6.00. The number of hydrogen-bond acceptors (Lipinski definition) is 4. The summed E-state index contributed by atoms with van der Waals surface area (Å²) in [6.07, 6.45) is -6.65. The van der Waals surface area contributed by atoms with Crippen LogP contribution in [0.3, 0.4) is 0 Å². The number of halogens is 6. The molecule has 1 heterocycles. The Kier molecular flexibility index (Phi) is 9.20. The molecule has 1 aliphatic heterocycles. The fourth-order valence-electron chi connectivity index (χ4n) is 4.20. The molecule has 0 radical (unpaired) electrons. The second-order valence-electron chi connectivity index (χ2n) is 8.53. The lowest BCUT2D eigenvalue weighted by Gasteiger charge is -2.47. The van der Waals surface area contributed by atoms with E-state index in [9.17, 15) is 26.3 Å². The minimum absolute atomic E-state index is 0.0821. The van der Waals surface area contributed by atoms with Crippen LogP contribution < -0.4 is 0 Å². The molecule has 4 nitrogen and oxygen atoms in total. The molecule has 1 fully saturated rings. The summed E-state index contributed by atoms with van der Waals surface area (Å²) >= 11 is 0. The molecular formula is C25H29F6NO3. The third kappa shape index (κ3) is 7.19. The van der Waals surface area contributed by atoms with Gasteiger partial charge in [0.15, 0.2) is 5.72 Å². The van der Waals surface area contributed by atoms with Crippen LogP contribution in [0.1, 0.15) is 47.9 Å². The van der Waals surface area contributed by atoms with Crippen molar-refractivity contribution in [2.24, 2.45) is 0 Å². The molecule has 1 N–H and O–H groups in total. The van der Waals surface area contributed by atoms with E-state index in [0.717, 1.165) is 19.3 Å². The molecule has 0 spiro atoms. The molecular weight excluding hydrogens is 476 g/mol. The Balaban J connectivity index is 1.90. The zero-order valence-corrected chi connectivity index (χ0v) is 19.2. The van der Waals surface area contributed by atoms with Crippen LogP contribution in [0.25, 0.3) is 0 Å². The van der Waals surface area contributed by atoms with Gasteiger partial charge in [-0.05, 0) is 36.6 Å². The predicted molar refractivity (Wildman–Crippen MR) is 117 cm³/mol. The molecule has 3 rings (SSSR count). The van der Waals surface area contributed by atoms with E-state index in [2.05, 4.69) is 0 Å². The van der Waals surface area contributed by atoms with Crippen LogP contribution in [0.2, 0.25) is 0 Å². The average Bonchev–Trinajstić information content (AvgIpc) is 2.82. The molecule has 194 valence electrons. The molecule has 2 aromatic rings. The van der Waals surface area contributed by atoms with Crippen LogP contribution in [0.15, 0.2) is 48.5 Å². The normalized spacial score (nSPS) is 19.7. The number of morpholine rings is 1. The van der Waals surface area contributed by atoms with Crippen LogP contribution in [-0.4, -0.2) is 42.9 Å². The molecule has 0 bridgehead atoms. The highest BCUT2D eigenvalue weighted by Crippen LogP contribution is 2.38. The number of hydrogen-bond donors (Lipinski definition) is 1. The standard InChI is InChI=1S/C25H29F6NO3/c26-24(27,28)21-14-19(15-22(16-21)25(29,30)31)17-35-23(20-8-4-3-5-9-20)18-34-13-11-32(23)10-6-1-2-7-12-33/h3-5,8-9,14-16,33H,1-2,6-7,10-13,17-18H2/t23-/m0/s1. The molecule has 1 saturated heterocycles. The number of rotatable bonds is 10. The van der Waals surface area contributed by atoms with Gasteiger partial charge in [-0.2, -0.15) is 26.3 Å². The smallest absolute Gasteiger partial charge is 0.396 e. The Labute approximate surface area is 200 Å². The Morgan fingerprint density at radius 1 is 0.886 bits per heavy atom. The van der Waals surface area contributed by atoms with E-state index >= 15 is 0 Å². The molecule has 10 heteroatoms. The van der Waals surface area contributed by atoms with Crippen molar-refractivity contribution >= 4 is 0 Å². The number of nitrogens with zero attached hydrogens (tertiary/aromatic N) is 1.